The first kappa shape index (κ1) is 23.8. The normalized spacial score (nSPS) is 16.5. The van der Waals surface area contributed by atoms with Gasteiger partial charge in [0, 0.05) is 30.3 Å². The summed E-state index contributed by atoms with van der Waals surface area (Å²) >= 11 is 0. The summed E-state index contributed by atoms with van der Waals surface area (Å²) in [5, 5.41) is 6.43. The Hall–Kier alpha value is -3.35. The average molecular weight is 488 g/mol. The van der Waals surface area contributed by atoms with Gasteiger partial charge in [-0.3, -0.25) is 14.2 Å². The van der Waals surface area contributed by atoms with Crippen LogP contribution in [0.25, 0.3) is 10.8 Å². The summed E-state index contributed by atoms with van der Waals surface area (Å²) < 4.78 is 88.3. The fraction of sp³-hybridized carbons (Fsp3) is 0.381. The van der Waals surface area contributed by atoms with Crippen molar-refractivity contribution in [2.75, 3.05) is 18.5 Å². The van der Waals surface area contributed by atoms with Gasteiger partial charge in [0.25, 0.3) is 17.5 Å². The van der Waals surface area contributed by atoms with Crippen LogP contribution >= 0.6 is 0 Å². The maximum absolute atomic E-state index is 14.6. The summed E-state index contributed by atoms with van der Waals surface area (Å²) in [6, 6.07) is 3.25. The van der Waals surface area contributed by atoms with Crippen LogP contribution in [0.1, 0.15) is 30.5 Å². The van der Waals surface area contributed by atoms with Crippen molar-refractivity contribution >= 4 is 16.6 Å². The van der Waals surface area contributed by atoms with Gasteiger partial charge >= 0.3 is 6.18 Å². The molecule has 1 aliphatic rings. The van der Waals surface area contributed by atoms with Crippen LogP contribution in [0.15, 0.2) is 40.1 Å². The lowest BCUT2D eigenvalue weighted by Gasteiger charge is -2.43. The minimum Gasteiger partial charge on any atom is -0.376 e. The van der Waals surface area contributed by atoms with E-state index in [2.05, 4.69) is 10.4 Å². The lowest BCUT2D eigenvalue weighted by atomic mass is 9.95. The summed E-state index contributed by atoms with van der Waals surface area (Å²) in [4.78, 5) is 25.1. The second-order valence-corrected chi connectivity index (χ2v) is 8.03. The van der Waals surface area contributed by atoms with E-state index in [1.54, 1.807) is 0 Å². The van der Waals surface area contributed by atoms with E-state index >= 15 is 0 Å². The minimum absolute atomic E-state index is 0.129. The van der Waals surface area contributed by atoms with E-state index in [1.807, 2.05) is 0 Å². The monoisotopic (exact) mass is 488 g/mol. The summed E-state index contributed by atoms with van der Waals surface area (Å²) in [6.07, 6.45) is -7.01. The molecule has 3 aromatic rings. The van der Waals surface area contributed by atoms with Crippen LogP contribution in [-0.4, -0.2) is 33.7 Å². The molecule has 34 heavy (non-hydrogen) atoms. The van der Waals surface area contributed by atoms with Gasteiger partial charge in [0.15, 0.2) is 11.4 Å². The number of nitrogens with zero attached hydrogens (tertiary/aromatic N) is 3. The first-order valence-electron chi connectivity index (χ1n) is 9.99. The number of fused-ring (bicyclic) bond motifs is 1. The first-order valence-corrected chi connectivity index (χ1v) is 9.99. The number of hydrogen-bond donors (Lipinski definition) is 1. The quantitative estimate of drug-likeness (QED) is 0.555. The molecule has 2 aromatic heterocycles. The zero-order valence-electron chi connectivity index (χ0n) is 17.8. The van der Waals surface area contributed by atoms with E-state index in [1.165, 1.54) is 26.1 Å². The van der Waals surface area contributed by atoms with Gasteiger partial charge in [-0.25, -0.2) is 17.9 Å². The highest BCUT2D eigenvalue weighted by molar-refractivity contribution is 5.90. The molecule has 1 atom stereocenters. The molecule has 7 nitrogen and oxygen atoms in total. The summed E-state index contributed by atoms with van der Waals surface area (Å²) in [5.74, 6) is -1.29. The van der Waals surface area contributed by atoms with Gasteiger partial charge in [-0.1, -0.05) is 18.2 Å². The van der Waals surface area contributed by atoms with Crippen molar-refractivity contribution in [1.29, 1.82) is 0 Å². The number of aryl methyl sites for hydroxylation is 1. The Morgan fingerprint density at radius 1 is 1.15 bits per heavy atom. The Morgan fingerprint density at radius 2 is 1.79 bits per heavy atom. The largest absolute Gasteiger partial charge is 0.416 e. The fourth-order valence-electron chi connectivity index (χ4n) is 3.85. The second-order valence-electron chi connectivity index (χ2n) is 8.03. The van der Waals surface area contributed by atoms with E-state index < -0.39 is 59.9 Å². The minimum atomic E-state index is -4.82. The predicted octanol–water partition coefficient (Wildman–Crippen LogP) is 3.63. The third-order valence-electron chi connectivity index (χ3n) is 5.87. The maximum Gasteiger partial charge on any atom is 0.416 e. The number of nitrogens with one attached hydrogen (secondary N) is 1. The van der Waals surface area contributed by atoms with Crippen molar-refractivity contribution in [1.82, 2.24) is 14.3 Å². The summed E-state index contributed by atoms with van der Waals surface area (Å²) in [7, 11) is 1.26. The van der Waals surface area contributed by atoms with E-state index in [0.29, 0.717) is 4.57 Å². The average Bonchev–Trinajstić information content (AvgIpc) is 2.70. The summed E-state index contributed by atoms with van der Waals surface area (Å²) in [5.41, 5.74) is -5.37. The van der Waals surface area contributed by atoms with E-state index in [9.17, 15) is 35.9 Å². The topological polar surface area (TPSA) is 78.2 Å². The number of benzene rings is 1. The highest BCUT2D eigenvalue weighted by Crippen LogP contribution is 2.42. The Kier molecular flexibility index (Phi) is 5.70. The number of pyridine rings is 1. The lowest BCUT2D eigenvalue weighted by molar-refractivity contribution is -0.291. The predicted molar refractivity (Wildman–Crippen MR) is 109 cm³/mol. The van der Waals surface area contributed by atoms with Crippen LogP contribution in [0.4, 0.5) is 32.2 Å². The number of rotatable bonds is 5. The molecule has 1 aromatic carbocycles. The molecule has 1 aliphatic heterocycles. The lowest BCUT2D eigenvalue weighted by Crippen LogP contribution is -2.64. The van der Waals surface area contributed by atoms with Gasteiger partial charge in [0.05, 0.1) is 30.2 Å². The van der Waals surface area contributed by atoms with Crippen LogP contribution in [0.5, 0.6) is 0 Å². The molecule has 0 bridgehead atoms. The standard InChI is InChI=1S/C21H18F6N4O3/c1-10(11-4-3-5-12(16(11)22)17(23)24)28-18-14-7-31(20(8-34-9-20)21(25,26)27)15(32)6-13(14)19(33)30(2)29-18/h3-7,10,17H,8-9H2,1-2H3,(H,28,29)/t10-/m1/s1. The van der Waals surface area contributed by atoms with E-state index in [-0.39, 0.29) is 22.2 Å². The van der Waals surface area contributed by atoms with Crippen LogP contribution in [-0.2, 0) is 17.3 Å². The van der Waals surface area contributed by atoms with Crippen LogP contribution in [0, 0.1) is 5.82 Å². The molecule has 1 fully saturated rings. The van der Waals surface area contributed by atoms with Crippen molar-refractivity contribution in [2.24, 2.45) is 7.05 Å². The number of anilines is 1. The Balaban J connectivity index is 1.87. The first-order chi connectivity index (χ1) is 15.9. The Bertz CT molecular complexity index is 1380. The smallest absolute Gasteiger partial charge is 0.376 e. The number of alkyl halides is 5. The second kappa shape index (κ2) is 8.15. The van der Waals surface area contributed by atoms with Crippen molar-refractivity contribution in [3.8, 4) is 0 Å². The van der Waals surface area contributed by atoms with Crippen LogP contribution < -0.4 is 16.4 Å². The zero-order valence-corrected chi connectivity index (χ0v) is 17.8. The van der Waals surface area contributed by atoms with Crippen molar-refractivity contribution in [3.63, 3.8) is 0 Å². The van der Waals surface area contributed by atoms with Gasteiger partial charge in [-0.2, -0.15) is 18.3 Å². The SMILES string of the molecule is C[C@@H](Nc1nn(C)c(=O)c2cc(=O)n(C3(C(F)(F)F)COC3)cc12)c1cccc(C(F)F)c1F. The fourth-order valence-corrected chi connectivity index (χ4v) is 3.85. The molecule has 4 rings (SSSR count). The van der Waals surface area contributed by atoms with Crippen molar-refractivity contribution in [2.45, 2.75) is 31.1 Å². The zero-order chi connectivity index (χ0) is 25.0. The molecule has 0 spiro atoms. The molecular weight excluding hydrogens is 470 g/mol. The van der Waals surface area contributed by atoms with Crippen LogP contribution in [0.3, 0.4) is 0 Å². The molecule has 0 unspecified atom stereocenters. The Labute approximate surface area is 187 Å². The third-order valence-corrected chi connectivity index (χ3v) is 5.87. The summed E-state index contributed by atoms with van der Waals surface area (Å²) in [6.45, 7) is -0.144. The molecule has 13 heteroatoms. The maximum atomic E-state index is 14.6. The molecular formula is C21H18F6N4O3. The molecule has 0 aliphatic carbocycles. The van der Waals surface area contributed by atoms with Crippen LogP contribution in [0.2, 0.25) is 0 Å². The number of ether oxygens (including phenoxy) is 1. The van der Waals surface area contributed by atoms with E-state index in [0.717, 1.165) is 23.0 Å². The number of halogens is 6. The van der Waals surface area contributed by atoms with E-state index in [4.69, 9.17) is 4.74 Å². The van der Waals surface area contributed by atoms with Crippen molar-refractivity contribution < 1.29 is 31.1 Å². The molecule has 0 saturated carbocycles. The van der Waals surface area contributed by atoms with Gasteiger partial charge in [0.2, 0.25) is 0 Å². The molecule has 3 heterocycles. The van der Waals surface area contributed by atoms with Gasteiger partial charge < -0.3 is 10.1 Å². The molecule has 1 saturated heterocycles. The molecule has 1 N–H and O–H groups in total. The third kappa shape index (κ3) is 3.63. The highest BCUT2D eigenvalue weighted by Gasteiger charge is 2.62. The number of hydrogen-bond acceptors (Lipinski definition) is 5. The molecule has 0 amide bonds. The number of aromatic nitrogens is 3. The highest BCUT2D eigenvalue weighted by atomic mass is 19.4. The molecule has 0 radical (unpaired) electrons. The van der Waals surface area contributed by atoms with Gasteiger partial charge in [-0.15, -0.1) is 0 Å². The van der Waals surface area contributed by atoms with Gasteiger partial charge in [0.1, 0.15) is 5.82 Å². The van der Waals surface area contributed by atoms with Crippen molar-refractivity contribution in [3.05, 3.63) is 68.1 Å². The Morgan fingerprint density at radius 3 is 2.35 bits per heavy atom. The van der Waals surface area contributed by atoms with Gasteiger partial charge in [-0.05, 0) is 6.92 Å². The molecule has 182 valence electrons.